The van der Waals surface area contributed by atoms with E-state index in [-0.39, 0.29) is 0 Å². The minimum atomic E-state index is 0.562. The van der Waals surface area contributed by atoms with Crippen molar-refractivity contribution < 1.29 is 4.74 Å². The minimum Gasteiger partial charge on any atom is -0.382 e. The van der Waals surface area contributed by atoms with Gasteiger partial charge in [-0.25, -0.2) is 0 Å². The molecule has 0 aromatic heterocycles. The predicted octanol–water partition coefficient (Wildman–Crippen LogP) is 3.48. The predicted molar refractivity (Wildman–Crippen MR) is 72.4 cm³/mol. The van der Waals surface area contributed by atoms with Gasteiger partial charge in [0.1, 0.15) is 0 Å². The zero-order valence-electron chi connectivity index (χ0n) is 10.9. The van der Waals surface area contributed by atoms with E-state index in [1.165, 1.54) is 17.7 Å². The molecular weight excluding hydrogens is 210 g/mol. The van der Waals surface area contributed by atoms with Crippen molar-refractivity contribution in [2.45, 2.75) is 39.2 Å². The zero-order chi connectivity index (χ0) is 12.1. The van der Waals surface area contributed by atoms with E-state index in [9.17, 15) is 0 Å². The van der Waals surface area contributed by atoms with E-state index >= 15 is 0 Å². The van der Waals surface area contributed by atoms with E-state index in [1.807, 2.05) is 0 Å². The van der Waals surface area contributed by atoms with E-state index in [2.05, 4.69) is 43.4 Å². The fourth-order valence-electron chi connectivity index (χ4n) is 2.20. The Balaban J connectivity index is 1.63. The fraction of sp³-hybridized carbons (Fsp3) is 0.600. The van der Waals surface area contributed by atoms with Gasteiger partial charge in [0.2, 0.25) is 0 Å². The number of anilines is 1. The second-order valence-electron chi connectivity index (χ2n) is 5.29. The van der Waals surface area contributed by atoms with Crippen LogP contribution in [0.2, 0.25) is 0 Å². The summed E-state index contributed by atoms with van der Waals surface area (Å²) in [6, 6.07) is 9.14. The van der Waals surface area contributed by atoms with Crippen LogP contribution in [0.4, 0.5) is 5.69 Å². The number of rotatable bonds is 6. The van der Waals surface area contributed by atoms with Gasteiger partial charge in [-0.15, -0.1) is 0 Å². The van der Waals surface area contributed by atoms with Crippen molar-refractivity contribution in [3.63, 3.8) is 0 Å². The molecule has 2 heteroatoms. The average molecular weight is 233 g/mol. The average Bonchev–Trinajstić information content (AvgIpc) is 2.70. The molecule has 1 aliphatic rings. The van der Waals surface area contributed by atoms with Gasteiger partial charge >= 0.3 is 0 Å². The highest BCUT2D eigenvalue weighted by Crippen LogP contribution is 2.26. The van der Waals surface area contributed by atoms with Crippen LogP contribution in [-0.4, -0.2) is 19.3 Å². The number of nitrogens with one attached hydrogen (secondary N) is 1. The summed E-state index contributed by atoms with van der Waals surface area (Å²) >= 11 is 0. The number of hydrogen-bond donors (Lipinski definition) is 1. The Kier molecular flexibility index (Phi) is 4.43. The first-order valence-electron chi connectivity index (χ1n) is 6.68. The molecule has 0 saturated carbocycles. The van der Waals surface area contributed by atoms with Gasteiger partial charge in [-0.2, -0.15) is 0 Å². The van der Waals surface area contributed by atoms with Gasteiger partial charge in [-0.05, 0) is 36.8 Å². The summed E-state index contributed by atoms with van der Waals surface area (Å²) in [5.74, 6) is 0.740. The van der Waals surface area contributed by atoms with Crippen molar-refractivity contribution in [1.82, 2.24) is 0 Å². The van der Waals surface area contributed by atoms with Crippen LogP contribution in [0.15, 0.2) is 24.3 Å². The molecule has 17 heavy (non-hydrogen) atoms. The number of hydrogen-bond acceptors (Lipinski definition) is 2. The smallest absolute Gasteiger partial charge is 0.0485 e. The van der Waals surface area contributed by atoms with E-state index in [0.29, 0.717) is 6.04 Å². The first kappa shape index (κ1) is 12.4. The van der Waals surface area contributed by atoms with E-state index < -0.39 is 0 Å². The van der Waals surface area contributed by atoms with Gasteiger partial charge in [-0.3, -0.25) is 0 Å². The molecule has 1 unspecified atom stereocenters. The van der Waals surface area contributed by atoms with Crippen molar-refractivity contribution in [2.24, 2.45) is 5.92 Å². The molecule has 1 atom stereocenters. The molecule has 0 saturated heterocycles. The SMILES string of the molecule is CC(C)CCOCCC1Cc2ccccc2N1. The largest absolute Gasteiger partial charge is 0.382 e. The van der Waals surface area contributed by atoms with Crippen molar-refractivity contribution >= 4 is 5.69 Å². The molecule has 2 rings (SSSR count). The second-order valence-corrected chi connectivity index (χ2v) is 5.29. The first-order chi connectivity index (χ1) is 8.25. The lowest BCUT2D eigenvalue weighted by molar-refractivity contribution is 0.118. The second kappa shape index (κ2) is 6.06. The fourth-order valence-corrected chi connectivity index (χ4v) is 2.20. The number of para-hydroxylation sites is 1. The molecule has 2 nitrogen and oxygen atoms in total. The maximum Gasteiger partial charge on any atom is 0.0485 e. The Bertz CT molecular complexity index is 324. The molecule has 0 aliphatic carbocycles. The normalized spacial score (nSPS) is 18.2. The summed E-state index contributed by atoms with van der Waals surface area (Å²) in [6.07, 6.45) is 3.41. The highest BCUT2D eigenvalue weighted by Gasteiger charge is 2.19. The molecule has 0 spiro atoms. The molecule has 0 bridgehead atoms. The van der Waals surface area contributed by atoms with Crippen LogP contribution in [0.3, 0.4) is 0 Å². The third kappa shape index (κ3) is 3.74. The Morgan fingerprint density at radius 1 is 1.29 bits per heavy atom. The Morgan fingerprint density at radius 2 is 2.12 bits per heavy atom. The molecule has 1 N–H and O–H groups in total. The molecule has 1 heterocycles. The van der Waals surface area contributed by atoms with Crippen molar-refractivity contribution in [2.75, 3.05) is 18.5 Å². The highest BCUT2D eigenvalue weighted by atomic mass is 16.5. The topological polar surface area (TPSA) is 21.3 Å². The standard InChI is InChI=1S/C15H23NO/c1-12(2)7-9-17-10-8-14-11-13-5-3-4-6-15(13)16-14/h3-6,12,14,16H,7-11H2,1-2H3. The molecule has 1 aromatic carbocycles. The van der Waals surface area contributed by atoms with Crippen molar-refractivity contribution in [3.8, 4) is 0 Å². The van der Waals surface area contributed by atoms with E-state index in [4.69, 9.17) is 4.74 Å². The summed E-state index contributed by atoms with van der Waals surface area (Å²) in [7, 11) is 0. The summed E-state index contributed by atoms with van der Waals surface area (Å²) < 4.78 is 5.67. The lowest BCUT2D eigenvalue weighted by atomic mass is 10.1. The highest BCUT2D eigenvalue weighted by molar-refractivity contribution is 5.56. The van der Waals surface area contributed by atoms with Crippen LogP contribution in [0.25, 0.3) is 0 Å². The van der Waals surface area contributed by atoms with Gasteiger partial charge < -0.3 is 10.1 Å². The number of ether oxygens (including phenoxy) is 1. The van der Waals surface area contributed by atoms with Gasteiger partial charge in [0.05, 0.1) is 0 Å². The van der Waals surface area contributed by atoms with Crippen molar-refractivity contribution in [3.05, 3.63) is 29.8 Å². The maximum atomic E-state index is 5.67. The quantitative estimate of drug-likeness (QED) is 0.760. The zero-order valence-corrected chi connectivity index (χ0v) is 10.9. The first-order valence-corrected chi connectivity index (χ1v) is 6.68. The lowest BCUT2D eigenvalue weighted by Gasteiger charge is -2.12. The molecule has 1 aromatic rings. The van der Waals surface area contributed by atoms with Crippen molar-refractivity contribution in [1.29, 1.82) is 0 Å². The summed E-state index contributed by atoms with van der Waals surface area (Å²) in [5, 5.41) is 3.55. The summed E-state index contributed by atoms with van der Waals surface area (Å²) in [4.78, 5) is 0. The van der Waals surface area contributed by atoms with Gasteiger partial charge in [0.15, 0.2) is 0 Å². The van der Waals surface area contributed by atoms with Gasteiger partial charge in [0.25, 0.3) is 0 Å². The molecule has 0 radical (unpaired) electrons. The van der Waals surface area contributed by atoms with Gasteiger partial charge in [-0.1, -0.05) is 32.0 Å². The Hall–Kier alpha value is -1.02. The van der Waals surface area contributed by atoms with E-state index in [0.717, 1.165) is 32.0 Å². The molecule has 0 amide bonds. The molecule has 0 fully saturated rings. The number of fused-ring (bicyclic) bond motifs is 1. The van der Waals surface area contributed by atoms with Crippen LogP contribution in [-0.2, 0) is 11.2 Å². The van der Waals surface area contributed by atoms with Crippen LogP contribution in [0.1, 0.15) is 32.3 Å². The van der Waals surface area contributed by atoms with E-state index in [1.54, 1.807) is 0 Å². The van der Waals surface area contributed by atoms with Gasteiger partial charge in [0, 0.05) is 24.9 Å². The maximum absolute atomic E-state index is 5.67. The number of benzene rings is 1. The lowest BCUT2D eigenvalue weighted by Crippen LogP contribution is -2.18. The van der Waals surface area contributed by atoms with Crippen LogP contribution < -0.4 is 5.32 Å². The Morgan fingerprint density at radius 3 is 2.88 bits per heavy atom. The summed E-state index contributed by atoms with van der Waals surface area (Å²) in [6.45, 7) is 6.24. The minimum absolute atomic E-state index is 0.562. The van der Waals surface area contributed by atoms with Crippen LogP contribution in [0.5, 0.6) is 0 Å². The molecule has 94 valence electrons. The third-order valence-corrected chi connectivity index (χ3v) is 3.29. The molecular formula is C15H23NO. The molecule has 1 aliphatic heterocycles. The summed E-state index contributed by atoms with van der Waals surface area (Å²) in [5.41, 5.74) is 2.75. The van der Waals surface area contributed by atoms with Crippen LogP contribution >= 0.6 is 0 Å². The Labute approximate surface area is 104 Å². The van der Waals surface area contributed by atoms with Crippen LogP contribution in [0, 0.1) is 5.92 Å². The monoisotopic (exact) mass is 233 g/mol. The third-order valence-electron chi connectivity index (χ3n) is 3.29.